The highest BCUT2D eigenvalue weighted by atomic mass is 16.3. The maximum absolute atomic E-state index is 11.3. The molecular formula is C9H10N2O2. The van der Waals surface area contributed by atoms with E-state index in [1.807, 2.05) is 6.07 Å². The van der Waals surface area contributed by atoms with E-state index in [2.05, 4.69) is 5.32 Å². The third kappa shape index (κ3) is 1.11. The average Bonchev–Trinajstić information content (AvgIpc) is 2.12. The Morgan fingerprint density at radius 2 is 2.31 bits per heavy atom. The molecule has 1 amide bonds. The van der Waals surface area contributed by atoms with Crippen molar-refractivity contribution in [3.8, 4) is 5.75 Å². The Labute approximate surface area is 75.8 Å². The Morgan fingerprint density at radius 3 is 3.08 bits per heavy atom. The number of hydrogen-bond donors (Lipinski definition) is 2. The molecule has 13 heavy (non-hydrogen) atoms. The normalized spacial score (nSPS) is 15.2. The lowest BCUT2D eigenvalue weighted by Gasteiger charge is -2.27. The zero-order chi connectivity index (χ0) is 9.42. The molecule has 4 nitrogen and oxygen atoms in total. The van der Waals surface area contributed by atoms with Crippen molar-refractivity contribution in [1.82, 2.24) is 0 Å². The topological polar surface area (TPSA) is 52.6 Å². The number of fused-ring (bicyclic) bond motifs is 1. The molecule has 0 bridgehead atoms. The molecule has 1 aromatic rings. The van der Waals surface area contributed by atoms with Crippen molar-refractivity contribution in [1.29, 1.82) is 0 Å². The summed E-state index contributed by atoms with van der Waals surface area (Å²) in [4.78, 5) is 12.7. The molecule has 0 spiro atoms. The molecule has 0 aliphatic carbocycles. The third-order valence-electron chi connectivity index (χ3n) is 2.15. The first kappa shape index (κ1) is 7.91. The first-order valence-corrected chi connectivity index (χ1v) is 4.02. The molecule has 1 aromatic carbocycles. The Kier molecular flexibility index (Phi) is 1.62. The standard InChI is InChI=1S/C9H10N2O2/c1-11-8(13)5-10-6-3-2-4-7(12)9(6)11/h2-4,10,12H,5H2,1H3. The quantitative estimate of drug-likeness (QED) is 0.617. The van der Waals surface area contributed by atoms with Gasteiger partial charge in [0, 0.05) is 7.05 Å². The van der Waals surface area contributed by atoms with E-state index >= 15 is 0 Å². The van der Waals surface area contributed by atoms with Gasteiger partial charge in [-0.2, -0.15) is 0 Å². The number of rotatable bonds is 0. The number of amides is 1. The van der Waals surface area contributed by atoms with Gasteiger partial charge in [0.05, 0.1) is 12.2 Å². The second-order valence-electron chi connectivity index (χ2n) is 2.98. The van der Waals surface area contributed by atoms with Gasteiger partial charge < -0.3 is 15.3 Å². The van der Waals surface area contributed by atoms with Crippen molar-refractivity contribution in [3.05, 3.63) is 18.2 Å². The number of hydrogen-bond acceptors (Lipinski definition) is 3. The fraction of sp³-hybridized carbons (Fsp3) is 0.222. The second kappa shape index (κ2) is 2.65. The maximum atomic E-state index is 11.3. The van der Waals surface area contributed by atoms with E-state index in [4.69, 9.17) is 0 Å². The lowest BCUT2D eigenvalue weighted by molar-refractivity contribution is -0.116. The molecule has 0 fully saturated rings. The van der Waals surface area contributed by atoms with Crippen LogP contribution in [-0.2, 0) is 4.79 Å². The summed E-state index contributed by atoms with van der Waals surface area (Å²) in [6.45, 7) is 0.285. The van der Waals surface area contributed by atoms with Crippen molar-refractivity contribution in [3.63, 3.8) is 0 Å². The van der Waals surface area contributed by atoms with Crippen LogP contribution < -0.4 is 10.2 Å². The van der Waals surface area contributed by atoms with Crippen LogP contribution in [0.3, 0.4) is 0 Å². The summed E-state index contributed by atoms with van der Waals surface area (Å²) in [5, 5.41) is 12.4. The lowest BCUT2D eigenvalue weighted by Crippen LogP contribution is -2.36. The first-order chi connectivity index (χ1) is 6.20. The predicted octanol–water partition coefficient (Wildman–Crippen LogP) is 0.780. The van der Waals surface area contributed by atoms with Crippen molar-refractivity contribution in [2.45, 2.75) is 0 Å². The van der Waals surface area contributed by atoms with Crippen LogP contribution in [0.2, 0.25) is 0 Å². The van der Waals surface area contributed by atoms with Crippen molar-refractivity contribution in [2.24, 2.45) is 0 Å². The highest BCUT2D eigenvalue weighted by Crippen LogP contribution is 2.36. The molecule has 0 saturated carbocycles. The summed E-state index contributed by atoms with van der Waals surface area (Å²) >= 11 is 0. The second-order valence-corrected chi connectivity index (χ2v) is 2.98. The number of nitrogens with one attached hydrogen (secondary N) is 1. The van der Waals surface area contributed by atoms with E-state index in [0.29, 0.717) is 5.69 Å². The molecule has 2 N–H and O–H groups in total. The van der Waals surface area contributed by atoms with Crippen LogP contribution in [0, 0.1) is 0 Å². The highest BCUT2D eigenvalue weighted by Gasteiger charge is 2.22. The fourth-order valence-electron chi connectivity index (χ4n) is 1.44. The lowest BCUT2D eigenvalue weighted by atomic mass is 10.2. The number of carbonyl (C=O) groups is 1. The van der Waals surface area contributed by atoms with Crippen LogP contribution in [-0.4, -0.2) is 24.6 Å². The molecule has 0 radical (unpaired) electrons. The van der Waals surface area contributed by atoms with Crippen LogP contribution in [0.25, 0.3) is 0 Å². The molecule has 68 valence electrons. The zero-order valence-electron chi connectivity index (χ0n) is 7.24. The van der Waals surface area contributed by atoms with Crippen LogP contribution >= 0.6 is 0 Å². The molecule has 2 rings (SSSR count). The van der Waals surface area contributed by atoms with Gasteiger partial charge in [-0.1, -0.05) is 6.07 Å². The molecular weight excluding hydrogens is 168 g/mol. The number of anilines is 2. The summed E-state index contributed by atoms with van der Waals surface area (Å²) < 4.78 is 0. The minimum Gasteiger partial charge on any atom is -0.506 e. The van der Waals surface area contributed by atoms with E-state index in [9.17, 15) is 9.90 Å². The summed E-state index contributed by atoms with van der Waals surface area (Å²) in [7, 11) is 1.65. The number of phenols is 1. The smallest absolute Gasteiger partial charge is 0.246 e. The van der Waals surface area contributed by atoms with Gasteiger partial charge in [0.2, 0.25) is 5.91 Å². The van der Waals surface area contributed by atoms with E-state index in [1.165, 1.54) is 4.90 Å². The Hall–Kier alpha value is -1.71. The van der Waals surface area contributed by atoms with Crippen molar-refractivity contribution in [2.75, 3.05) is 23.8 Å². The first-order valence-electron chi connectivity index (χ1n) is 4.02. The monoisotopic (exact) mass is 178 g/mol. The number of para-hydroxylation sites is 1. The van der Waals surface area contributed by atoms with Crippen molar-refractivity contribution < 1.29 is 9.90 Å². The van der Waals surface area contributed by atoms with E-state index in [1.54, 1.807) is 19.2 Å². The Bertz CT molecular complexity index is 363. The Morgan fingerprint density at radius 1 is 1.54 bits per heavy atom. The molecule has 0 aromatic heterocycles. The molecule has 1 aliphatic heterocycles. The summed E-state index contributed by atoms with van der Waals surface area (Å²) in [5.41, 5.74) is 1.35. The van der Waals surface area contributed by atoms with E-state index < -0.39 is 0 Å². The zero-order valence-corrected chi connectivity index (χ0v) is 7.24. The summed E-state index contributed by atoms with van der Waals surface area (Å²) in [6, 6.07) is 5.14. The number of likely N-dealkylation sites (N-methyl/N-ethyl adjacent to an activating group) is 1. The van der Waals surface area contributed by atoms with Crippen LogP contribution in [0.15, 0.2) is 18.2 Å². The van der Waals surface area contributed by atoms with Gasteiger partial charge in [-0.25, -0.2) is 0 Å². The van der Waals surface area contributed by atoms with Gasteiger partial charge in [0.25, 0.3) is 0 Å². The molecule has 0 saturated heterocycles. The van der Waals surface area contributed by atoms with Gasteiger partial charge in [0.15, 0.2) is 0 Å². The van der Waals surface area contributed by atoms with Gasteiger partial charge in [-0.3, -0.25) is 4.79 Å². The molecule has 1 aliphatic rings. The molecule has 0 atom stereocenters. The van der Waals surface area contributed by atoms with Gasteiger partial charge >= 0.3 is 0 Å². The van der Waals surface area contributed by atoms with Gasteiger partial charge in [-0.15, -0.1) is 0 Å². The predicted molar refractivity (Wildman–Crippen MR) is 50.0 cm³/mol. The molecule has 1 heterocycles. The largest absolute Gasteiger partial charge is 0.506 e. The average molecular weight is 178 g/mol. The Balaban J connectivity index is 2.57. The number of benzene rings is 1. The summed E-state index contributed by atoms with van der Waals surface area (Å²) in [5.74, 6) is 0.0783. The fourth-order valence-corrected chi connectivity index (χ4v) is 1.44. The van der Waals surface area contributed by atoms with Gasteiger partial charge in [0.1, 0.15) is 11.4 Å². The van der Waals surface area contributed by atoms with Crippen LogP contribution in [0.4, 0.5) is 11.4 Å². The number of carbonyl (C=O) groups excluding carboxylic acids is 1. The highest BCUT2D eigenvalue weighted by molar-refractivity contribution is 6.03. The third-order valence-corrected chi connectivity index (χ3v) is 2.15. The van der Waals surface area contributed by atoms with Crippen LogP contribution in [0.1, 0.15) is 0 Å². The SMILES string of the molecule is CN1C(=O)CNc2cccc(O)c21. The molecule has 4 heteroatoms. The van der Waals surface area contributed by atoms with Crippen molar-refractivity contribution >= 4 is 17.3 Å². The number of phenolic OH excluding ortho intramolecular Hbond substituents is 1. The minimum absolute atomic E-state index is 0.0472. The minimum atomic E-state index is -0.0472. The van der Waals surface area contributed by atoms with E-state index in [-0.39, 0.29) is 18.2 Å². The number of nitrogens with zero attached hydrogens (tertiary/aromatic N) is 1. The maximum Gasteiger partial charge on any atom is 0.246 e. The van der Waals surface area contributed by atoms with E-state index in [0.717, 1.165) is 5.69 Å². The molecule has 0 unspecified atom stereocenters. The van der Waals surface area contributed by atoms with Crippen LogP contribution in [0.5, 0.6) is 5.75 Å². The van der Waals surface area contributed by atoms with Gasteiger partial charge in [-0.05, 0) is 12.1 Å². The number of aromatic hydroxyl groups is 1. The summed E-state index contributed by atoms with van der Waals surface area (Å²) in [6.07, 6.45) is 0.